The Labute approximate surface area is 119 Å². The average molecular weight is 268 g/mol. The summed E-state index contributed by atoms with van der Waals surface area (Å²) in [5, 5.41) is 4.24. The van der Waals surface area contributed by atoms with Gasteiger partial charge in [0, 0.05) is 24.0 Å². The fourth-order valence-corrected chi connectivity index (χ4v) is 1.84. The molecule has 0 saturated heterocycles. The Morgan fingerprint density at radius 2 is 2.10 bits per heavy atom. The SMILES string of the molecule is C=C(C)CN=C(N)NCCc1ccc2ccccc2n1. The zero-order chi connectivity index (χ0) is 14.4. The van der Waals surface area contributed by atoms with Crippen LogP contribution < -0.4 is 11.1 Å². The van der Waals surface area contributed by atoms with E-state index in [1.54, 1.807) is 0 Å². The predicted octanol–water partition coefficient (Wildman–Crippen LogP) is 2.26. The highest BCUT2D eigenvalue weighted by Gasteiger charge is 1.98. The molecule has 0 radical (unpaired) electrons. The van der Waals surface area contributed by atoms with Crippen LogP contribution in [-0.4, -0.2) is 24.0 Å². The van der Waals surface area contributed by atoms with Gasteiger partial charge in [-0.3, -0.25) is 4.98 Å². The first-order valence-electron chi connectivity index (χ1n) is 6.68. The van der Waals surface area contributed by atoms with Gasteiger partial charge in [-0.05, 0) is 19.1 Å². The number of aromatic nitrogens is 1. The van der Waals surface area contributed by atoms with Crippen molar-refractivity contribution in [2.45, 2.75) is 13.3 Å². The van der Waals surface area contributed by atoms with Crippen molar-refractivity contribution in [2.24, 2.45) is 10.7 Å². The van der Waals surface area contributed by atoms with Crippen LogP contribution in [-0.2, 0) is 6.42 Å². The van der Waals surface area contributed by atoms with Gasteiger partial charge in [-0.15, -0.1) is 0 Å². The van der Waals surface area contributed by atoms with Gasteiger partial charge < -0.3 is 11.1 Å². The molecule has 1 aromatic carbocycles. The van der Waals surface area contributed by atoms with Crippen LogP contribution in [0.4, 0.5) is 0 Å². The van der Waals surface area contributed by atoms with Crippen LogP contribution >= 0.6 is 0 Å². The molecule has 0 aliphatic carbocycles. The third-order valence-electron chi connectivity index (χ3n) is 2.86. The van der Waals surface area contributed by atoms with Crippen molar-refractivity contribution < 1.29 is 0 Å². The zero-order valence-corrected chi connectivity index (χ0v) is 11.8. The van der Waals surface area contributed by atoms with Gasteiger partial charge in [0.25, 0.3) is 0 Å². The highest BCUT2D eigenvalue weighted by Crippen LogP contribution is 2.11. The lowest BCUT2D eigenvalue weighted by atomic mass is 10.2. The molecule has 4 nitrogen and oxygen atoms in total. The quantitative estimate of drug-likeness (QED) is 0.496. The van der Waals surface area contributed by atoms with Gasteiger partial charge in [-0.1, -0.05) is 36.4 Å². The molecule has 0 fully saturated rings. The van der Waals surface area contributed by atoms with Crippen LogP contribution in [0, 0.1) is 0 Å². The number of nitrogens with two attached hydrogens (primary N) is 1. The van der Waals surface area contributed by atoms with Gasteiger partial charge in [-0.2, -0.15) is 0 Å². The molecule has 1 aromatic heterocycles. The summed E-state index contributed by atoms with van der Waals surface area (Å²) in [6, 6.07) is 12.2. The van der Waals surface area contributed by atoms with Crippen molar-refractivity contribution >= 4 is 16.9 Å². The number of benzene rings is 1. The van der Waals surface area contributed by atoms with E-state index in [1.807, 2.05) is 31.2 Å². The first kappa shape index (κ1) is 14.1. The Hall–Kier alpha value is -2.36. The van der Waals surface area contributed by atoms with E-state index in [9.17, 15) is 0 Å². The minimum absolute atomic E-state index is 0.453. The topological polar surface area (TPSA) is 63.3 Å². The Morgan fingerprint density at radius 1 is 1.30 bits per heavy atom. The van der Waals surface area contributed by atoms with E-state index >= 15 is 0 Å². The van der Waals surface area contributed by atoms with Gasteiger partial charge >= 0.3 is 0 Å². The van der Waals surface area contributed by atoms with Gasteiger partial charge in [0.2, 0.25) is 0 Å². The Balaban J connectivity index is 1.89. The van der Waals surface area contributed by atoms with Crippen LogP contribution in [0.5, 0.6) is 0 Å². The first-order valence-corrected chi connectivity index (χ1v) is 6.68. The summed E-state index contributed by atoms with van der Waals surface area (Å²) in [4.78, 5) is 8.78. The second-order valence-electron chi connectivity index (χ2n) is 4.83. The summed E-state index contributed by atoms with van der Waals surface area (Å²) in [5.74, 6) is 0.453. The molecule has 20 heavy (non-hydrogen) atoms. The highest BCUT2D eigenvalue weighted by molar-refractivity contribution is 5.79. The Kier molecular flexibility index (Phi) is 4.71. The standard InChI is InChI=1S/C16H20N4/c1-12(2)11-19-16(17)18-10-9-14-8-7-13-5-3-4-6-15(13)20-14/h3-8H,1,9-11H2,2H3,(H3,17,18,19). The third-order valence-corrected chi connectivity index (χ3v) is 2.86. The van der Waals surface area contributed by atoms with E-state index in [1.165, 1.54) is 0 Å². The Bertz CT molecular complexity index is 631. The fraction of sp³-hybridized carbons (Fsp3) is 0.250. The number of nitrogens with one attached hydrogen (secondary N) is 1. The number of pyridine rings is 1. The zero-order valence-electron chi connectivity index (χ0n) is 11.8. The lowest BCUT2D eigenvalue weighted by molar-refractivity contribution is 0.835. The summed E-state index contributed by atoms with van der Waals surface area (Å²) in [6.45, 7) is 6.99. The van der Waals surface area contributed by atoms with Gasteiger partial charge in [0.15, 0.2) is 5.96 Å². The van der Waals surface area contributed by atoms with Gasteiger partial charge in [-0.25, -0.2) is 4.99 Å². The van der Waals surface area contributed by atoms with Crippen molar-refractivity contribution in [1.29, 1.82) is 0 Å². The summed E-state index contributed by atoms with van der Waals surface area (Å²) in [5.41, 5.74) is 8.81. The van der Waals surface area contributed by atoms with Gasteiger partial charge in [0.1, 0.15) is 0 Å². The molecule has 104 valence electrons. The van der Waals surface area contributed by atoms with Crippen LogP contribution in [0.2, 0.25) is 0 Å². The number of aliphatic imine (C=N–C) groups is 1. The second kappa shape index (κ2) is 6.70. The van der Waals surface area contributed by atoms with Crippen molar-refractivity contribution in [1.82, 2.24) is 10.3 Å². The van der Waals surface area contributed by atoms with E-state index in [0.29, 0.717) is 12.5 Å². The maximum atomic E-state index is 5.75. The van der Waals surface area contributed by atoms with Crippen LogP contribution in [0.1, 0.15) is 12.6 Å². The molecule has 0 unspecified atom stereocenters. The average Bonchev–Trinajstić information content (AvgIpc) is 2.45. The first-order chi connectivity index (χ1) is 9.65. The molecule has 0 aliphatic rings. The maximum absolute atomic E-state index is 5.75. The second-order valence-corrected chi connectivity index (χ2v) is 4.83. The molecule has 0 atom stereocenters. The molecule has 3 N–H and O–H groups in total. The third kappa shape index (κ3) is 4.09. The summed E-state index contributed by atoms with van der Waals surface area (Å²) in [6.07, 6.45) is 0.814. The van der Waals surface area contributed by atoms with Crippen LogP contribution in [0.3, 0.4) is 0 Å². The summed E-state index contributed by atoms with van der Waals surface area (Å²) >= 11 is 0. The maximum Gasteiger partial charge on any atom is 0.188 e. The van der Waals surface area contributed by atoms with Crippen LogP contribution in [0.25, 0.3) is 10.9 Å². The number of rotatable bonds is 5. The largest absolute Gasteiger partial charge is 0.370 e. The molecule has 2 rings (SSSR count). The number of nitrogens with zero attached hydrogens (tertiary/aromatic N) is 2. The minimum atomic E-state index is 0.453. The van der Waals surface area contributed by atoms with Crippen molar-refractivity contribution in [3.05, 3.63) is 54.2 Å². The van der Waals surface area contributed by atoms with E-state index in [4.69, 9.17) is 5.73 Å². The van der Waals surface area contributed by atoms with E-state index in [0.717, 1.165) is 35.1 Å². The molecule has 4 heteroatoms. The lowest BCUT2D eigenvalue weighted by Gasteiger charge is -2.06. The fourth-order valence-electron chi connectivity index (χ4n) is 1.84. The summed E-state index contributed by atoms with van der Waals surface area (Å²) < 4.78 is 0. The highest BCUT2D eigenvalue weighted by atomic mass is 15.1. The predicted molar refractivity (Wildman–Crippen MR) is 84.8 cm³/mol. The monoisotopic (exact) mass is 268 g/mol. The molecule has 0 amide bonds. The minimum Gasteiger partial charge on any atom is -0.370 e. The van der Waals surface area contributed by atoms with Crippen molar-refractivity contribution in [2.75, 3.05) is 13.1 Å². The number of hydrogen-bond donors (Lipinski definition) is 2. The number of hydrogen-bond acceptors (Lipinski definition) is 2. The molecule has 0 spiro atoms. The van der Waals surface area contributed by atoms with E-state index in [-0.39, 0.29) is 0 Å². The number of fused-ring (bicyclic) bond motifs is 1. The molecule has 0 bridgehead atoms. The van der Waals surface area contributed by atoms with Crippen molar-refractivity contribution in [3.63, 3.8) is 0 Å². The van der Waals surface area contributed by atoms with Crippen LogP contribution in [0.15, 0.2) is 53.5 Å². The van der Waals surface area contributed by atoms with Crippen molar-refractivity contribution in [3.8, 4) is 0 Å². The number of guanidine groups is 1. The summed E-state index contributed by atoms with van der Waals surface area (Å²) in [7, 11) is 0. The molecule has 0 saturated carbocycles. The lowest BCUT2D eigenvalue weighted by Crippen LogP contribution is -2.33. The molecular formula is C16H20N4. The normalized spacial score (nSPS) is 11.6. The molecular weight excluding hydrogens is 248 g/mol. The molecule has 0 aliphatic heterocycles. The smallest absolute Gasteiger partial charge is 0.188 e. The number of para-hydroxylation sites is 1. The van der Waals surface area contributed by atoms with E-state index < -0.39 is 0 Å². The van der Waals surface area contributed by atoms with E-state index in [2.05, 4.69) is 34.0 Å². The molecule has 2 aromatic rings. The molecule has 1 heterocycles. The van der Waals surface area contributed by atoms with Gasteiger partial charge in [0.05, 0.1) is 12.1 Å². The Morgan fingerprint density at radius 3 is 2.90 bits per heavy atom.